The zero-order valence-corrected chi connectivity index (χ0v) is 9.63. The Balaban J connectivity index is 0.000000293. The highest BCUT2D eigenvalue weighted by Gasteiger charge is 2.20. The lowest BCUT2D eigenvalue weighted by Crippen LogP contribution is -1.94. The Kier molecular flexibility index (Phi) is 3.99. The number of ether oxygens (including phenoxy) is 1. The van der Waals surface area contributed by atoms with Crippen LogP contribution < -0.4 is 4.74 Å². The SMILES string of the molecule is CCC.Cc1cccc2c1C(C)CO2. The molecule has 0 aliphatic carbocycles. The van der Waals surface area contributed by atoms with Crippen LogP contribution >= 0.6 is 0 Å². The summed E-state index contributed by atoms with van der Waals surface area (Å²) in [6.45, 7) is 9.45. The summed E-state index contributed by atoms with van der Waals surface area (Å²) in [6.07, 6.45) is 1.25. The molecule has 14 heavy (non-hydrogen) atoms. The molecule has 1 aromatic rings. The van der Waals surface area contributed by atoms with E-state index in [0.29, 0.717) is 5.92 Å². The Labute approximate surface area is 87.1 Å². The van der Waals surface area contributed by atoms with Crippen molar-refractivity contribution >= 4 is 0 Å². The van der Waals surface area contributed by atoms with Crippen molar-refractivity contribution in [1.82, 2.24) is 0 Å². The highest BCUT2D eigenvalue weighted by molar-refractivity contribution is 5.44. The number of benzene rings is 1. The van der Waals surface area contributed by atoms with Gasteiger partial charge in [-0.25, -0.2) is 0 Å². The molecule has 1 unspecified atom stereocenters. The molecule has 1 heteroatoms. The second-order valence-electron chi connectivity index (χ2n) is 3.91. The number of hydrogen-bond acceptors (Lipinski definition) is 1. The van der Waals surface area contributed by atoms with Crippen LogP contribution in [0.4, 0.5) is 0 Å². The second-order valence-corrected chi connectivity index (χ2v) is 3.91. The van der Waals surface area contributed by atoms with Crippen molar-refractivity contribution in [2.75, 3.05) is 6.61 Å². The highest BCUT2D eigenvalue weighted by Crippen LogP contribution is 2.35. The molecule has 0 N–H and O–H groups in total. The quantitative estimate of drug-likeness (QED) is 0.605. The van der Waals surface area contributed by atoms with Crippen molar-refractivity contribution in [3.05, 3.63) is 29.3 Å². The third kappa shape index (κ3) is 2.28. The largest absolute Gasteiger partial charge is 0.493 e. The zero-order valence-electron chi connectivity index (χ0n) is 9.63. The molecule has 1 heterocycles. The topological polar surface area (TPSA) is 9.23 Å². The maximum absolute atomic E-state index is 5.49. The van der Waals surface area contributed by atoms with Crippen molar-refractivity contribution in [2.24, 2.45) is 0 Å². The van der Waals surface area contributed by atoms with Gasteiger partial charge in [0.15, 0.2) is 0 Å². The van der Waals surface area contributed by atoms with Crippen LogP contribution in [-0.2, 0) is 0 Å². The van der Waals surface area contributed by atoms with Crippen LogP contribution in [0.15, 0.2) is 18.2 Å². The van der Waals surface area contributed by atoms with Gasteiger partial charge in [-0.2, -0.15) is 0 Å². The number of fused-ring (bicyclic) bond motifs is 1. The van der Waals surface area contributed by atoms with E-state index >= 15 is 0 Å². The van der Waals surface area contributed by atoms with E-state index in [-0.39, 0.29) is 0 Å². The average molecular weight is 192 g/mol. The van der Waals surface area contributed by atoms with E-state index in [1.165, 1.54) is 17.5 Å². The molecule has 1 nitrogen and oxygen atoms in total. The lowest BCUT2D eigenvalue weighted by atomic mass is 9.99. The maximum atomic E-state index is 5.49. The first-order valence-corrected chi connectivity index (χ1v) is 5.43. The molecule has 78 valence electrons. The fourth-order valence-corrected chi connectivity index (χ4v) is 1.71. The van der Waals surface area contributed by atoms with Gasteiger partial charge in [0, 0.05) is 11.5 Å². The Hall–Kier alpha value is -0.980. The van der Waals surface area contributed by atoms with Gasteiger partial charge in [-0.1, -0.05) is 39.3 Å². The van der Waals surface area contributed by atoms with Crippen molar-refractivity contribution in [1.29, 1.82) is 0 Å². The number of hydrogen-bond donors (Lipinski definition) is 0. The minimum atomic E-state index is 0.575. The molecule has 0 saturated heterocycles. The van der Waals surface area contributed by atoms with Crippen LogP contribution in [-0.4, -0.2) is 6.61 Å². The monoisotopic (exact) mass is 192 g/mol. The van der Waals surface area contributed by atoms with Crippen LogP contribution in [0.3, 0.4) is 0 Å². The summed E-state index contributed by atoms with van der Waals surface area (Å²) in [7, 11) is 0. The number of aryl methyl sites for hydroxylation is 1. The lowest BCUT2D eigenvalue weighted by molar-refractivity contribution is 0.337. The van der Waals surface area contributed by atoms with E-state index in [4.69, 9.17) is 4.74 Å². The van der Waals surface area contributed by atoms with Crippen molar-refractivity contribution < 1.29 is 4.74 Å². The van der Waals surface area contributed by atoms with E-state index in [1.54, 1.807) is 0 Å². The molecule has 1 aliphatic heterocycles. The van der Waals surface area contributed by atoms with Gasteiger partial charge in [0.2, 0.25) is 0 Å². The highest BCUT2D eigenvalue weighted by atomic mass is 16.5. The van der Waals surface area contributed by atoms with E-state index in [2.05, 4.69) is 33.8 Å². The molecule has 0 amide bonds. The predicted octanol–water partition coefficient (Wildman–Crippen LogP) is 3.91. The minimum absolute atomic E-state index is 0.575. The fourth-order valence-electron chi connectivity index (χ4n) is 1.71. The smallest absolute Gasteiger partial charge is 0.123 e. The Morgan fingerprint density at radius 3 is 2.57 bits per heavy atom. The predicted molar refractivity (Wildman–Crippen MR) is 61.1 cm³/mol. The normalized spacial score (nSPS) is 17.9. The maximum Gasteiger partial charge on any atom is 0.123 e. The van der Waals surface area contributed by atoms with Crippen molar-refractivity contribution in [3.8, 4) is 5.75 Å². The van der Waals surface area contributed by atoms with Gasteiger partial charge in [0.25, 0.3) is 0 Å². The lowest BCUT2D eigenvalue weighted by Gasteiger charge is -2.03. The van der Waals surface area contributed by atoms with E-state index in [0.717, 1.165) is 12.4 Å². The molecule has 0 saturated carbocycles. The van der Waals surface area contributed by atoms with E-state index in [1.807, 2.05) is 12.1 Å². The zero-order chi connectivity index (χ0) is 10.6. The first-order valence-electron chi connectivity index (χ1n) is 5.43. The van der Waals surface area contributed by atoms with Crippen LogP contribution in [0.2, 0.25) is 0 Å². The van der Waals surface area contributed by atoms with Gasteiger partial charge in [-0.3, -0.25) is 0 Å². The summed E-state index contributed by atoms with van der Waals surface area (Å²) in [5.74, 6) is 1.66. The third-order valence-corrected chi connectivity index (χ3v) is 2.27. The Morgan fingerprint density at radius 2 is 2.00 bits per heavy atom. The molecular weight excluding hydrogens is 172 g/mol. The van der Waals surface area contributed by atoms with Crippen LogP contribution in [0.5, 0.6) is 5.75 Å². The van der Waals surface area contributed by atoms with Gasteiger partial charge < -0.3 is 4.74 Å². The molecule has 1 aliphatic rings. The summed E-state index contributed by atoms with van der Waals surface area (Å²) in [5, 5.41) is 0. The molecule has 0 radical (unpaired) electrons. The van der Waals surface area contributed by atoms with Crippen LogP contribution in [0.1, 0.15) is 44.2 Å². The van der Waals surface area contributed by atoms with Crippen LogP contribution in [0, 0.1) is 6.92 Å². The van der Waals surface area contributed by atoms with Crippen molar-refractivity contribution in [3.63, 3.8) is 0 Å². The average Bonchev–Trinajstić information content (AvgIpc) is 2.51. The van der Waals surface area contributed by atoms with Gasteiger partial charge >= 0.3 is 0 Å². The van der Waals surface area contributed by atoms with E-state index in [9.17, 15) is 0 Å². The van der Waals surface area contributed by atoms with Crippen molar-refractivity contribution in [2.45, 2.75) is 40.0 Å². The van der Waals surface area contributed by atoms with Gasteiger partial charge in [-0.15, -0.1) is 0 Å². The summed E-state index contributed by atoms with van der Waals surface area (Å²) in [4.78, 5) is 0. The molecule has 0 aromatic heterocycles. The molecule has 0 spiro atoms. The third-order valence-electron chi connectivity index (χ3n) is 2.27. The Bertz CT molecular complexity index is 291. The summed E-state index contributed by atoms with van der Waals surface area (Å²) < 4.78 is 5.49. The Morgan fingerprint density at radius 1 is 1.36 bits per heavy atom. The fraction of sp³-hybridized carbons (Fsp3) is 0.538. The van der Waals surface area contributed by atoms with Crippen LogP contribution in [0.25, 0.3) is 0 Å². The second kappa shape index (κ2) is 5.04. The molecule has 1 atom stereocenters. The molecule has 2 rings (SSSR count). The van der Waals surface area contributed by atoms with Gasteiger partial charge in [0.05, 0.1) is 6.61 Å². The van der Waals surface area contributed by atoms with Gasteiger partial charge in [-0.05, 0) is 18.6 Å². The van der Waals surface area contributed by atoms with Gasteiger partial charge in [0.1, 0.15) is 5.75 Å². The van der Waals surface area contributed by atoms with E-state index < -0.39 is 0 Å². The molecule has 0 fully saturated rings. The minimum Gasteiger partial charge on any atom is -0.493 e. The molecule has 0 bridgehead atoms. The number of rotatable bonds is 0. The molecule has 1 aromatic carbocycles. The standard InChI is InChI=1S/C10H12O.C3H8/c1-7-4-3-5-9-10(7)8(2)6-11-9;1-3-2/h3-5,8H,6H2,1-2H3;3H2,1-2H3. The first-order chi connectivity index (χ1) is 6.70. The first kappa shape index (κ1) is 11.1. The molecular formula is C13H20O. The summed E-state index contributed by atoms with van der Waals surface area (Å²) in [5.41, 5.74) is 2.75. The summed E-state index contributed by atoms with van der Waals surface area (Å²) in [6, 6.07) is 6.24. The summed E-state index contributed by atoms with van der Waals surface area (Å²) >= 11 is 0.